The van der Waals surface area contributed by atoms with Crippen LogP contribution in [0.15, 0.2) is 10.3 Å². The van der Waals surface area contributed by atoms with Gasteiger partial charge >= 0.3 is 11.9 Å². The van der Waals surface area contributed by atoms with E-state index in [0.717, 1.165) is 0 Å². The van der Waals surface area contributed by atoms with Crippen molar-refractivity contribution in [3.05, 3.63) is 0 Å². The quantitative estimate of drug-likeness (QED) is 0.698. The Morgan fingerprint density at radius 3 is 1.23 bits per heavy atom. The molecule has 0 aliphatic carbocycles. The normalized spacial score (nSPS) is 32.5. The molecule has 0 saturated heterocycles. The Hall–Kier alpha value is -1.72. The molecule has 2 rings (SSSR count). The monoisotopic (exact) mass is 308 g/mol. The summed E-state index contributed by atoms with van der Waals surface area (Å²) in [5.41, 5.74) is -2.30. The molecule has 0 saturated carbocycles. The predicted molar refractivity (Wildman–Crippen MR) is 82.2 cm³/mol. The number of carbonyl (C=O) groups is 2. The maximum absolute atomic E-state index is 12.6. The largest absolute Gasteiger partial charge is 0.348 e. The Labute approximate surface area is 130 Å². The summed E-state index contributed by atoms with van der Waals surface area (Å²) in [6.45, 7) is 15.0. The first kappa shape index (κ1) is 16.6. The van der Waals surface area contributed by atoms with Crippen LogP contribution in [0, 0.1) is 21.7 Å². The zero-order chi connectivity index (χ0) is 17.1. The average Bonchev–Trinajstić information content (AvgIpc) is 2.80. The lowest BCUT2D eigenvalue weighted by Crippen LogP contribution is -2.58. The van der Waals surface area contributed by atoms with Crippen LogP contribution in [0.5, 0.6) is 0 Å². The molecule has 2 atom stereocenters. The first-order valence-electron chi connectivity index (χ1n) is 7.38. The molecule has 2 aliphatic rings. The SMILES string of the molecule is CC(C)(C)C1=NOC(=O)C1(C)C1(C)C(=O)ON=C1C(C)(C)C. The van der Waals surface area contributed by atoms with E-state index in [1.165, 1.54) is 0 Å². The summed E-state index contributed by atoms with van der Waals surface area (Å²) in [6, 6.07) is 0. The molecule has 2 aliphatic heterocycles. The lowest BCUT2D eigenvalue weighted by Gasteiger charge is -2.42. The van der Waals surface area contributed by atoms with Crippen molar-refractivity contribution in [2.75, 3.05) is 0 Å². The summed E-state index contributed by atoms with van der Waals surface area (Å²) in [5, 5.41) is 7.97. The Kier molecular flexibility index (Phi) is 3.33. The Balaban J connectivity index is 2.70. The van der Waals surface area contributed by atoms with Crippen molar-refractivity contribution in [2.24, 2.45) is 32.0 Å². The van der Waals surface area contributed by atoms with Gasteiger partial charge in [-0.05, 0) is 13.8 Å². The van der Waals surface area contributed by atoms with Crippen molar-refractivity contribution in [3.63, 3.8) is 0 Å². The van der Waals surface area contributed by atoms with E-state index < -0.39 is 33.6 Å². The van der Waals surface area contributed by atoms with Gasteiger partial charge in [-0.2, -0.15) is 0 Å². The van der Waals surface area contributed by atoms with E-state index >= 15 is 0 Å². The van der Waals surface area contributed by atoms with Crippen LogP contribution in [0.3, 0.4) is 0 Å². The van der Waals surface area contributed by atoms with Gasteiger partial charge in [0.25, 0.3) is 0 Å². The molecule has 0 radical (unpaired) electrons. The van der Waals surface area contributed by atoms with Gasteiger partial charge in [0.15, 0.2) is 0 Å². The first-order chi connectivity index (χ1) is 9.77. The Bertz CT molecular complexity index is 553. The zero-order valence-corrected chi connectivity index (χ0v) is 14.5. The van der Waals surface area contributed by atoms with Crippen LogP contribution in [0.4, 0.5) is 0 Å². The Morgan fingerprint density at radius 2 is 1.00 bits per heavy atom. The zero-order valence-electron chi connectivity index (χ0n) is 14.5. The molecule has 0 aromatic rings. The van der Waals surface area contributed by atoms with E-state index in [9.17, 15) is 9.59 Å². The summed E-state index contributed by atoms with van der Waals surface area (Å²) in [5.74, 6) is -1.09. The second-order valence-corrected chi connectivity index (χ2v) is 8.39. The van der Waals surface area contributed by atoms with E-state index in [0.29, 0.717) is 11.4 Å². The lowest BCUT2D eigenvalue weighted by atomic mass is 9.54. The van der Waals surface area contributed by atoms with Crippen molar-refractivity contribution in [1.29, 1.82) is 0 Å². The van der Waals surface area contributed by atoms with Gasteiger partial charge in [-0.25, -0.2) is 9.59 Å². The van der Waals surface area contributed by atoms with Crippen LogP contribution in [-0.4, -0.2) is 23.4 Å². The summed E-state index contributed by atoms with van der Waals surface area (Å²) < 4.78 is 0. The third-order valence-electron chi connectivity index (χ3n) is 4.62. The van der Waals surface area contributed by atoms with E-state index in [1.54, 1.807) is 13.8 Å². The fraction of sp³-hybridized carbons (Fsp3) is 0.750. The molecular weight excluding hydrogens is 284 g/mol. The highest BCUT2D eigenvalue weighted by molar-refractivity contribution is 6.24. The van der Waals surface area contributed by atoms with Crippen LogP contribution < -0.4 is 0 Å². The lowest BCUT2D eigenvalue weighted by molar-refractivity contribution is -0.161. The molecule has 2 unspecified atom stereocenters. The van der Waals surface area contributed by atoms with Gasteiger partial charge in [0.1, 0.15) is 10.8 Å². The van der Waals surface area contributed by atoms with Crippen molar-refractivity contribution in [2.45, 2.75) is 55.4 Å². The second kappa shape index (κ2) is 4.40. The first-order valence-corrected chi connectivity index (χ1v) is 7.38. The molecule has 0 aromatic heterocycles. The third kappa shape index (κ3) is 1.92. The van der Waals surface area contributed by atoms with E-state index in [-0.39, 0.29) is 0 Å². The molecule has 0 aromatic carbocycles. The molecule has 22 heavy (non-hydrogen) atoms. The van der Waals surface area contributed by atoms with Gasteiger partial charge in [0, 0.05) is 10.8 Å². The summed E-state index contributed by atoms with van der Waals surface area (Å²) in [6.07, 6.45) is 0. The van der Waals surface area contributed by atoms with Gasteiger partial charge in [0.05, 0.1) is 11.4 Å². The number of rotatable bonds is 1. The molecule has 0 N–H and O–H groups in total. The number of hydrogen-bond acceptors (Lipinski definition) is 6. The Morgan fingerprint density at radius 1 is 0.727 bits per heavy atom. The standard InChI is InChI=1S/C16H24N2O4/c1-13(2,3)9-15(7,11(19)21-17-9)16(8)10(14(4,5)6)18-22-12(16)20/h1-8H3. The fourth-order valence-corrected chi connectivity index (χ4v) is 3.39. The van der Waals surface area contributed by atoms with Crippen molar-refractivity contribution >= 4 is 23.4 Å². The van der Waals surface area contributed by atoms with Crippen LogP contribution in [0.25, 0.3) is 0 Å². The highest BCUT2D eigenvalue weighted by atomic mass is 16.7. The van der Waals surface area contributed by atoms with E-state index in [2.05, 4.69) is 10.3 Å². The molecule has 6 heteroatoms. The molecule has 6 nitrogen and oxygen atoms in total. The minimum absolute atomic E-state index is 0.435. The van der Waals surface area contributed by atoms with Crippen molar-refractivity contribution in [1.82, 2.24) is 0 Å². The summed E-state index contributed by atoms with van der Waals surface area (Å²) in [7, 11) is 0. The highest BCUT2D eigenvalue weighted by Gasteiger charge is 2.70. The van der Waals surface area contributed by atoms with Crippen molar-refractivity contribution in [3.8, 4) is 0 Å². The summed E-state index contributed by atoms with van der Waals surface area (Å²) in [4.78, 5) is 35.1. The van der Waals surface area contributed by atoms with Crippen molar-refractivity contribution < 1.29 is 19.3 Å². The molecule has 2 heterocycles. The highest BCUT2D eigenvalue weighted by Crippen LogP contribution is 2.54. The number of nitrogens with zero attached hydrogens (tertiary/aromatic N) is 2. The van der Waals surface area contributed by atoms with Crippen LogP contribution >= 0.6 is 0 Å². The van der Waals surface area contributed by atoms with Gasteiger partial charge in [0.2, 0.25) is 0 Å². The average molecular weight is 308 g/mol. The molecule has 0 fully saturated rings. The van der Waals surface area contributed by atoms with Gasteiger partial charge in [-0.15, -0.1) is 0 Å². The molecule has 0 amide bonds. The fourth-order valence-electron chi connectivity index (χ4n) is 3.39. The van der Waals surface area contributed by atoms with Crippen LogP contribution in [-0.2, 0) is 19.3 Å². The minimum Gasteiger partial charge on any atom is -0.317 e. The molecule has 0 spiro atoms. The van der Waals surface area contributed by atoms with Gasteiger partial charge in [-0.1, -0.05) is 51.9 Å². The maximum Gasteiger partial charge on any atom is 0.348 e. The maximum atomic E-state index is 12.6. The molecule has 122 valence electrons. The number of oxime groups is 2. The summed E-state index contributed by atoms with van der Waals surface area (Å²) >= 11 is 0. The second-order valence-electron chi connectivity index (χ2n) is 8.39. The molecular formula is C16H24N2O4. The molecule has 0 bridgehead atoms. The number of carbonyl (C=O) groups excluding carboxylic acids is 2. The van der Waals surface area contributed by atoms with Gasteiger partial charge < -0.3 is 9.68 Å². The van der Waals surface area contributed by atoms with Gasteiger partial charge in [-0.3, -0.25) is 0 Å². The van der Waals surface area contributed by atoms with E-state index in [4.69, 9.17) is 9.68 Å². The third-order valence-corrected chi connectivity index (χ3v) is 4.62. The predicted octanol–water partition coefficient (Wildman–Crippen LogP) is 2.92. The number of hydrogen-bond donors (Lipinski definition) is 0. The van der Waals surface area contributed by atoms with Crippen LogP contribution in [0.2, 0.25) is 0 Å². The van der Waals surface area contributed by atoms with E-state index in [1.807, 2.05) is 41.5 Å². The minimum atomic E-state index is -1.25. The topological polar surface area (TPSA) is 77.3 Å². The van der Waals surface area contributed by atoms with Crippen LogP contribution in [0.1, 0.15) is 55.4 Å². The smallest absolute Gasteiger partial charge is 0.317 e.